The lowest BCUT2D eigenvalue weighted by molar-refractivity contribution is 0.0476. The maximum Gasteiger partial charge on any atom is 0.408 e. The quantitative estimate of drug-likeness (QED) is 0.617. The molecule has 3 N–H and O–H groups in total. The summed E-state index contributed by atoms with van der Waals surface area (Å²) in [5.74, 6) is 0.564. The predicted octanol–water partition coefficient (Wildman–Crippen LogP) is 2.09. The van der Waals surface area contributed by atoms with Gasteiger partial charge in [-0.2, -0.15) is 0 Å². The summed E-state index contributed by atoms with van der Waals surface area (Å²) in [4.78, 5) is 18.3. The van der Waals surface area contributed by atoms with Crippen molar-refractivity contribution in [3.05, 3.63) is 0 Å². The molecule has 1 aliphatic rings. The average Bonchev–Trinajstić information content (AvgIpc) is 2.34. The Morgan fingerprint density at radius 2 is 1.76 bits per heavy atom. The van der Waals surface area contributed by atoms with Crippen LogP contribution in [-0.4, -0.2) is 47.7 Å². The number of hydrogen-bond donors (Lipinski definition) is 2. The van der Waals surface area contributed by atoms with Crippen LogP contribution < -0.4 is 11.1 Å². The van der Waals surface area contributed by atoms with Crippen molar-refractivity contribution in [2.45, 2.75) is 65.0 Å². The molecule has 0 aromatic carbocycles. The standard InChI is InChI=1S/C15H30N4O2/c1-14(2,3)21-13(20)18-15(4,5)11-17-12(16)19-9-7-6-8-10-19/h6-11H2,1-5H3,(H2,16,17)(H,18,20). The smallest absolute Gasteiger partial charge is 0.408 e. The van der Waals surface area contributed by atoms with Gasteiger partial charge in [0.15, 0.2) is 5.96 Å². The van der Waals surface area contributed by atoms with Gasteiger partial charge in [-0.25, -0.2) is 4.79 Å². The third kappa shape index (κ3) is 7.20. The van der Waals surface area contributed by atoms with Gasteiger partial charge in [0.05, 0.1) is 12.1 Å². The number of nitrogens with two attached hydrogens (primary N) is 1. The van der Waals surface area contributed by atoms with Crippen LogP contribution >= 0.6 is 0 Å². The number of rotatable bonds is 3. The minimum absolute atomic E-state index is 0.425. The minimum Gasteiger partial charge on any atom is -0.444 e. The van der Waals surface area contributed by atoms with E-state index < -0.39 is 17.2 Å². The van der Waals surface area contributed by atoms with E-state index in [0.29, 0.717) is 12.5 Å². The van der Waals surface area contributed by atoms with Gasteiger partial charge < -0.3 is 20.7 Å². The van der Waals surface area contributed by atoms with Crippen molar-refractivity contribution in [1.82, 2.24) is 10.2 Å². The first kappa shape index (κ1) is 17.6. The number of hydrogen-bond acceptors (Lipinski definition) is 3. The van der Waals surface area contributed by atoms with Crippen LogP contribution in [0.3, 0.4) is 0 Å². The largest absolute Gasteiger partial charge is 0.444 e. The van der Waals surface area contributed by atoms with Crippen LogP contribution in [0.5, 0.6) is 0 Å². The van der Waals surface area contributed by atoms with Gasteiger partial charge in [0.2, 0.25) is 0 Å². The Bertz CT molecular complexity index is 380. The Morgan fingerprint density at radius 1 is 1.19 bits per heavy atom. The maximum absolute atomic E-state index is 11.8. The highest BCUT2D eigenvalue weighted by atomic mass is 16.6. The lowest BCUT2D eigenvalue weighted by atomic mass is 10.1. The summed E-state index contributed by atoms with van der Waals surface area (Å²) < 4.78 is 5.26. The van der Waals surface area contributed by atoms with E-state index in [1.165, 1.54) is 6.42 Å². The SMILES string of the molecule is CC(C)(CN=C(N)N1CCCCC1)NC(=O)OC(C)(C)C. The fourth-order valence-electron chi connectivity index (χ4n) is 2.12. The molecule has 1 saturated heterocycles. The van der Waals surface area contributed by atoms with E-state index in [2.05, 4.69) is 15.2 Å². The molecule has 0 aromatic rings. The van der Waals surface area contributed by atoms with E-state index in [4.69, 9.17) is 10.5 Å². The molecule has 0 unspecified atom stereocenters. The van der Waals surface area contributed by atoms with Crippen LogP contribution in [0.15, 0.2) is 4.99 Å². The molecule has 6 heteroatoms. The van der Waals surface area contributed by atoms with Crippen molar-refractivity contribution in [1.29, 1.82) is 0 Å². The van der Waals surface area contributed by atoms with Gasteiger partial charge in [-0.15, -0.1) is 0 Å². The molecule has 1 fully saturated rings. The number of alkyl carbamates (subject to hydrolysis) is 1. The molecule has 0 aromatic heterocycles. The molecule has 0 radical (unpaired) electrons. The second-order valence-corrected chi connectivity index (χ2v) is 7.23. The highest BCUT2D eigenvalue weighted by Crippen LogP contribution is 2.11. The van der Waals surface area contributed by atoms with E-state index in [9.17, 15) is 4.79 Å². The van der Waals surface area contributed by atoms with Crippen molar-refractivity contribution in [3.63, 3.8) is 0 Å². The van der Waals surface area contributed by atoms with E-state index in [1.807, 2.05) is 34.6 Å². The van der Waals surface area contributed by atoms with Crippen molar-refractivity contribution in [3.8, 4) is 0 Å². The van der Waals surface area contributed by atoms with E-state index in [0.717, 1.165) is 25.9 Å². The van der Waals surface area contributed by atoms with Crippen molar-refractivity contribution < 1.29 is 9.53 Å². The van der Waals surface area contributed by atoms with Crippen molar-refractivity contribution in [2.24, 2.45) is 10.7 Å². The number of aliphatic imine (C=N–C) groups is 1. The lowest BCUT2D eigenvalue weighted by Gasteiger charge is -2.30. The van der Waals surface area contributed by atoms with Crippen molar-refractivity contribution >= 4 is 12.1 Å². The molecule has 1 amide bonds. The summed E-state index contributed by atoms with van der Waals surface area (Å²) in [5.41, 5.74) is 5.02. The van der Waals surface area contributed by atoms with Gasteiger partial charge in [-0.05, 0) is 53.9 Å². The normalized spacial score (nSPS) is 17.6. The van der Waals surface area contributed by atoms with Crippen LogP contribution in [0.2, 0.25) is 0 Å². The zero-order valence-corrected chi connectivity index (χ0v) is 14.0. The third-order valence-corrected chi connectivity index (χ3v) is 3.16. The number of carbonyl (C=O) groups excluding carboxylic acids is 1. The summed E-state index contributed by atoms with van der Waals surface area (Å²) in [6, 6.07) is 0. The summed E-state index contributed by atoms with van der Waals surface area (Å²) in [6.07, 6.45) is 3.15. The Balaban J connectivity index is 2.49. The molecule has 6 nitrogen and oxygen atoms in total. The second-order valence-electron chi connectivity index (χ2n) is 7.23. The van der Waals surface area contributed by atoms with Gasteiger partial charge in [0, 0.05) is 13.1 Å². The molecule has 1 heterocycles. The predicted molar refractivity (Wildman–Crippen MR) is 85.4 cm³/mol. The van der Waals surface area contributed by atoms with Crippen LogP contribution in [0.4, 0.5) is 4.79 Å². The molecule has 0 atom stereocenters. The zero-order chi connectivity index (χ0) is 16.1. The van der Waals surface area contributed by atoms with Crippen LogP contribution in [-0.2, 0) is 4.74 Å². The Kier molecular flexibility index (Phi) is 5.87. The average molecular weight is 298 g/mol. The van der Waals surface area contributed by atoms with Crippen molar-refractivity contribution in [2.75, 3.05) is 19.6 Å². The van der Waals surface area contributed by atoms with Gasteiger partial charge in [-0.1, -0.05) is 0 Å². The molecule has 122 valence electrons. The Hall–Kier alpha value is -1.46. The Morgan fingerprint density at radius 3 is 2.29 bits per heavy atom. The monoisotopic (exact) mass is 298 g/mol. The summed E-state index contributed by atoms with van der Waals surface area (Å²) in [5, 5.41) is 2.83. The maximum atomic E-state index is 11.8. The van der Waals surface area contributed by atoms with E-state index in [1.54, 1.807) is 0 Å². The Labute approximate surface area is 128 Å². The minimum atomic E-state index is -0.504. The molecule has 0 aliphatic carbocycles. The first-order chi connectivity index (χ1) is 9.59. The molecule has 1 rings (SSSR count). The summed E-state index contributed by atoms with van der Waals surface area (Å²) in [6.45, 7) is 11.7. The molecule has 0 bridgehead atoms. The van der Waals surface area contributed by atoms with Gasteiger partial charge in [0.25, 0.3) is 0 Å². The van der Waals surface area contributed by atoms with Crippen LogP contribution in [0, 0.1) is 0 Å². The number of likely N-dealkylation sites (tertiary alicyclic amines) is 1. The first-order valence-electron chi connectivity index (χ1n) is 7.65. The van der Waals surface area contributed by atoms with Gasteiger partial charge in [-0.3, -0.25) is 4.99 Å². The van der Waals surface area contributed by atoms with E-state index >= 15 is 0 Å². The fraction of sp³-hybridized carbons (Fsp3) is 0.867. The number of carbonyl (C=O) groups is 1. The molecular weight excluding hydrogens is 268 g/mol. The number of nitrogens with one attached hydrogen (secondary N) is 1. The lowest BCUT2D eigenvalue weighted by Crippen LogP contribution is -2.49. The van der Waals surface area contributed by atoms with Crippen LogP contribution in [0.25, 0.3) is 0 Å². The third-order valence-electron chi connectivity index (χ3n) is 3.16. The molecule has 0 spiro atoms. The topological polar surface area (TPSA) is 80.0 Å². The zero-order valence-electron chi connectivity index (χ0n) is 14.0. The summed E-state index contributed by atoms with van der Waals surface area (Å²) >= 11 is 0. The van der Waals surface area contributed by atoms with Gasteiger partial charge in [0.1, 0.15) is 5.60 Å². The first-order valence-corrected chi connectivity index (χ1v) is 7.65. The van der Waals surface area contributed by atoms with E-state index in [-0.39, 0.29) is 0 Å². The van der Waals surface area contributed by atoms with Gasteiger partial charge >= 0.3 is 6.09 Å². The number of piperidine rings is 1. The number of ether oxygens (including phenoxy) is 1. The highest BCUT2D eigenvalue weighted by Gasteiger charge is 2.24. The molecule has 0 saturated carbocycles. The number of amides is 1. The molecule has 1 aliphatic heterocycles. The highest BCUT2D eigenvalue weighted by molar-refractivity contribution is 5.78. The number of nitrogens with zero attached hydrogens (tertiary/aromatic N) is 2. The fourth-order valence-corrected chi connectivity index (χ4v) is 2.12. The molecule has 21 heavy (non-hydrogen) atoms. The molecular formula is C15H30N4O2. The summed E-state index contributed by atoms with van der Waals surface area (Å²) in [7, 11) is 0. The van der Waals surface area contributed by atoms with Crippen LogP contribution in [0.1, 0.15) is 53.9 Å². The number of guanidine groups is 1. The second kappa shape index (κ2) is 7.00.